The molecule has 3 aromatic rings. The van der Waals surface area contributed by atoms with Gasteiger partial charge in [0, 0.05) is 18.5 Å². The molecule has 1 aliphatic rings. The number of nitrogens with zero attached hydrogens (tertiary/aromatic N) is 3. The minimum Gasteiger partial charge on any atom is -0.337 e. The number of rotatable bonds is 7. The molecule has 4 rings (SSSR count). The van der Waals surface area contributed by atoms with E-state index in [4.69, 9.17) is 0 Å². The van der Waals surface area contributed by atoms with Gasteiger partial charge in [-0.25, -0.2) is 9.18 Å². The standard InChI is InChI=1S/C25H24FN3O3S/c1-17(19-10-12-20(26)13-11-19)27(2)22(30)16-29-24(31)23(21-9-6-14-33-21)28(25(29)32)15-18-7-4-3-5-8-18/h3-14,17,23H,15-16H2,1-2H3/t17-,23-/m0/s1. The van der Waals surface area contributed by atoms with Crippen LogP contribution in [0, 0.1) is 5.82 Å². The summed E-state index contributed by atoms with van der Waals surface area (Å²) in [5.74, 6) is -1.14. The lowest BCUT2D eigenvalue weighted by molar-refractivity contribution is -0.138. The predicted molar refractivity (Wildman–Crippen MR) is 124 cm³/mol. The molecule has 0 radical (unpaired) electrons. The molecule has 0 aliphatic carbocycles. The molecule has 2 atom stereocenters. The molecule has 0 N–H and O–H groups in total. The molecule has 8 heteroatoms. The van der Waals surface area contributed by atoms with Crippen molar-refractivity contribution in [2.45, 2.75) is 25.6 Å². The summed E-state index contributed by atoms with van der Waals surface area (Å²) < 4.78 is 13.2. The Morgan fingerprint density at radius 3 is 2.39 bits per heavy atom. The average Bonchev–Trinajstić information content (AvgIpc) is 3.42. The first-order valence-electron chi connectivity index (χ1n) is 10.6. The normalized spacial score (nSPS) is 16.9. The van der Waals surface area contributed by atoms with Gasteiger partial charge in [-0.15, -0.1) is 11.3 Å². The van der Waals surface area contributed by atoms with Gasteiger partial charge in [0.15, 0.2) is 0 Å². The van der Waals surface area contributed by atoms with Crippen molar-refractivity contribution < 1.29 is 18.8 Å². The van der Waals surface area contributed by atoms with E-state index in [0.29, 0.717) is 0 Å². The minimum absolute atomic E-state index is 0.264. The van der Waals surface area contributed by atoms with Crippen molar-refractivity contribution in [3.63, 3.8) is 0 Å². The van der Waals surface area contributed by atoms with Crippen molar-refractivity contribution in [2.24, 2.45) is 0 Å². The number of likely N-dealkylation sites (N-methyl/N-ethyl adjacent to an activating group) is 1. The second-order valence-electron chi connectivity index (χ2n) is 7.97. The van der Waals surface area contributed by atoms with Crippen LogP contribution in [0.2, 0.25) is 0 Å². The van der Waals surface area contributed by atoms with E-state index in [1.165, 1.54) is 33.3 Å². The third kappa shape index (κ3) is 4.66. The Labute approximate surface area is 195 Å². The molecular weight excluding hydrogens is 441 g/mol. The Balaban J connectivity index is 1.54. The Morgan fingerprint density at radius 1 is 1.06 bits per heavy atom. The Bertz CT molecular complexity index is 1140. The number of urea groups is 1. The lowest BCUT2D eigenvalue weighted by Gasteiger charge is -2.27. The van der Waals surface area contributed by atoms with E-state index in [1.54, 1.807) is 19.2 Å². The van der Waals surface area contributed by atoms with Crippen molar-refractivity contribution in [3.05, 3.63) is 93.9 Å². The Hall–Kier alpha value is -3.52. The molecule has 1 aromatic heterocycles. The SMILES string of the molecule is C[C@@H](c1ccc(F)cc1)N(C)C(=O)CN1C(=O)[C@H](c2cccs2)N(Cc2ccccc2)C1=O. The number of hydrogen-bond donors (Lipinski definition) is 0. The van der Waals surface area contributed by atoms with Gasteiger partial charge in [0.25, 0.3) is 5.91 Å². The Kier molecular flexibility index (Phi) is 6.55. The van der Waals surface area contributed by atoms with Gasteiger partial charge in [-0.3, -0.25) is 14.5 Å². The van der Waals surface area contributed by atoms with Crippen LogP contribution in [0.15, 0.2) is 72.1 Å². The van der Waals surface area contributed by atoms with E-state index < -0.39 is 18.0 Å². The van der Waals surface area contributed by atoms with E-state index >= 15 is 0 Å². The molecule has 0 bridgehead atoms. The maximum absolute atomic E-state index is 13.3. The molecule has 1 saturated heterocycles. The van der Waals surface area contributed by atoms with Gasteiger partial charge in [0.1, 0.15) is 18.4 Å². The highest BCUT2D eigenvalue weighted by molar-refractivity contribution is 7.10. The first-order valence-corrected chi connectivity index (χ1v) is 11.4. The van der Waals surface area contributed by atoms with Crippen LogP contribution in [0.1, 0.15) is 35.0 Å². The molecule has 2 aromatic carbocycles. The van der Waals surface area contributed by atoms with E-state index in [0.717, 1.165) is 20.9 Å². The summed E-state index contributed by atoms with van der Waals surface area (Å²) >= 11 is 1.40. The van der Waals surface area contributed by atoms with Crippen LogP contribution in [0.5, 0.6) is 0 Å². The van der Waals surface area contributed by atoms with Gasteiger partial charge in [0.2, 0.25) is 5.91 Å². The van der Waals surface area contributed by atoms with Gasteiger partial charge in [-0.1, -0.05) is 48.5 Å². The zero-order valence-corrected chi connectivity index (χ0v) is 19.2. The fraction of sp³-hybridized carbons (Fsp3) is 0.240. The highest BCUT2D eigenvalue weighted by Crippen LogP contribution is 2.35. The van der Waals surface area contributed by atoms with Crippen molar-refractivity contribution in [1.29, 1.82) is 0 Å². The highest BCUT2D eigenvalue weighted by atomic mass is 32.1. The van der Waals surface area contributed by atoms with Crippen molar-refractivity contribution in [2.75, 3.05) is 13.6 Å². The number of halogens is 1. The lowest BCUT2D eigenvalue weighted by atomic mass is 10.1. The number of benzene rings is 2. The molecule has 1 fully saturated rings. The molecule has 33 heavy (non-hydrogen) atoms. The minimum atomic E-state index is -0.759. The third-order valence-corrected chi connectivity index (χ3v) is 6.84. The number of thiophene rings is 1. The predicted octanol–water partition coefficient (Wildman–Crippen LogP) is 4.61. The van der Waals surface area contributed by atoms with Crippen molar-refractivity contribution in [1.82, 2.24) is 14.7 Å². The van der Waals surface area contributed by atoms with E-state index in [1.807, 2.05) is 54.8 Å². The monoisotopic (exact) mass is 465 g/mol. The van der Waals surface area contributed by atoms with Crippen molar-refractivity contribution in [3.8, 4) is 0 Å². The van der Waals surface area contributed by atoms with Crippen LogP contribution >= 0.6 is 11.3 Å². The summed E-state index contributed by atoms with van der Waals surface area (Å²) in [6.45, 7) is 1.72. The second kappa shape index (κ2) is 9.54. The first-order chi connectivity index (χ1) is 15.9. The third-order valence-electron chi connectivity index (χ3n) is 5.92. The topological polar surface area (TPSA) is 60.9 Å². The largest absolute Gasteiger partial charge is 0.337 e. The Morgan fingerprint density at radius 2 is 1.76 bits per heavy atom. The van der Waals surface area contributed by atoms with Gasteiger partial charge in [-0.05, 0) is 41.6 Å². The fourth-order valence-corrected chi connectivity index (χ4v) is 4.70. The van der Waals surface area contributed by atoms with E-state index in [-0.39, 0.29) is 30.9 Å². The smallest absolute Gasteiger partial charge is 0.328 e. The molecular formula is C25H24FN3O3S. The van der Waals surface area contributed by atoms with Gasteiger partial charge < -0.3 is 9.80 Å². The van der Waals surface area contributed by atoms with Crippen LogP contribution in [0.25, 0.3) is 0 Å². The fourth-order valence-electron chi connectivity index (χ4n) is 3.88. The summed E-state index contributed by atoms with van der Waals surface area (Å²) in [7, 11) is 1.61. The number of amides is 4. The maximum Gasteiger partial charge on any atom is 0.328 e. The van der Waals surface area contributed by atoms with E-state index in [2.05, 4.69) is 0 Å². The molecule has 4 amide bonds. The van der Waals surface area contributed by atoms with E-state index in [9.17, 15) is 18.8 Å². The summed E-state index contributed by atoms with van der Waals surface area (Å²) in [4.78, 5) is 44.4. The van der Waals surface area contributed by atoms with Crippen LogP contribution in [-0.4, -0.2) is 46.1 Å². The van der Waals surface area contributed by atoms with Crippen LogP contribution < -0.4 is 0 Å². The molecule has 0 unspecified atom stereocenters. The van der Waals surface area contributed by atoms with Gasteiger partial charge >= 0.3 is 6.03 Å². The molecule has 6 nitrogen and oxygen atoms in total. The molecule has 2 heterocycles. The average molecular weight is 466 g/mol. The number of carbonyl (C=O) groups is 3. The van der Waals surface area contributed by atoms with Crippen LogP contribution in [0.3, 0.4) is 0 Å². The zero-order chi connectivity index (χ0) is 23.5. The number of carbonyl (C=O) groups excluding carboxylic acids is 3. The quantitative estimate of drug-likeness (QED) is 0.479. The summed E-state index contributed by atoms with van der Waals surface area (Å²) in [6.07, 6.45) is 0. The molecule has 0 saturated carbocycles. The molecule has 170 valence electrons. The summed E-state index contributed by atoms with van der Waals surface area (Å²) in [5, 5.41) is 1.86. The summed E-state index contributed by atoms with van der Waals surface area (Å²) in [6, 6.07) is 17.4. The lowest BCUT2D eigenvalue weighted by Crippen LogP contribution is -2.42. The summed E-state index contributed by atoms with van der Waals surface area (Å²) in [5.41, 5.74) is 1.66. The van der Waals surface area contributed by atoms with Gasteiger partial charge in [-0.2, -0.15) is 0 Å². The highest BCUT2D eigenvalue weighted by Gasteiger charge is 2.47. The molecule has 1 aliphatic heterocycles. The van der Waals surface area contributed by atoms with Crippen LogP contribution in [0.4, 0.5) is 9.18 Å². The first kappa shape index (κ1) is 22.7. The van der Waals surface area contributed by atoms with Crippen LogP contribution in [-0.2, 0) is 16.1 Å². The van der Waals surface area contributed by atoms with Crippen molar-refractivity contribution >= 4 is 29.2 Å². The maximum atomic E-state index is 13.3. The zero-order valence-electron chi connectivity index (χ0n) is 18.3. The number of imide groups is 1. The number of hydrogen-bond acceptors (Lipinski definition) is 4. The second-order valence-corrected chi connectivity index (χ2v) is 8.95. The molecule has 0 spiro atoms. The van der Waals surface area contributed by atoms with Gasteiger partial charge in [0.05, 0.1) is 6.04 Å².